The van der Waals surface area contributed by atoms with Gasteiger partial charge in [-0.1, -0.05) is 39.0 Å². The molecule has 8 rings (SSSR count). The normalized spacial score (nSPS) is 37.1. The van der Waals surface area contributed by atoms with Crippen LogP contribution in [0.5, 0.6) is 5.75 Å². The second kappa shape index (κ2) is 11.8. The van der Waals surface area contributed by atoms with Crippen LogP contribution >= 0.6 is 0 Å². The Labute approximate surface area is 287 Å². The van der Waals surface area contributed by atoms with Crippen molar-refractivity contribution in [2.45, 2.75) is 83.8 Å². The van der Waals surface area contributed by atoms with Crippen LogP contribution in [0, 0.1) is 45.1 Å². The quantitative estimate of drug-likeness (QED) is 0.197. The Hall–Kier alpha value is -3.56. The third-order valence-corrected chi connectivity index (χ3v) is 13.7. The van der Waals surface area contributed by atoms with E-state index in [1.807, 2.05) is 6.92 Å². The molecule has 1 unspecified atom stereocenters. The van der Waals surface area contributed by atoms with Gasteiger partial charge in [-0.2, -0.15) is 0 Å². The number of hydrogen-bond acceptors (Lipinski definition) is 5. The topological polar surface area (TPSA) is 99.1 Å². The average molecular weight is 675 g/mol. The first-order chi connectivity index (χ1) is 23.3. The number of aliphatic hydroxyl groups is 2. The summed E-state index contributed by atoms with van der Waals surface area (Å²) in [4.78, 5) is 30.0. The number of rotatable bonds is 8. The summed E-state index contributed by atoms with van der Waals surface area (Å²) in [7, 11) is 1.59. The molecule has 0 heterocycles. The molecular weight excluding hydrogens is 626 g/mol. The molecule has 0 saturated heterocycles. The highest BCUT2D eigenvalue weighted by molar-refractivity contribution is 6.10. The standard InChI is InChI=1S/C40H48F2N2O5/c1-5-20-44(35(47)43-26-7-9-28(49-4)10-8-26)24-39(48)17-14-33-37(39,3)16-13-32-36(2)15-12-27(45)22-38(36)18-19-40(32,33)29(23-38)34(46)25-6-11-30(41)31(42)21-25/h6-11,18-19,21,23,27,32-33,45,48H,5,12-17,20,22,24H2,1-4H3,(H,43,47)/t27?,32-,33-,36-,37+,38+,39-,40-/m1/s1. The Bertz CT molecular complexity index is 1730. The Morgan fingerprint density at radius 3 is 2.35 bits per heavy atom. The monoisotopic (exact) mass is 674 g/mol. The number of ketones is 1. The van der Waals surface area contributed by atoms with E-state index in [0.29, 0.717) is 55.7 Å². The molecule has 6 aliphatic rings. The zero-order chi connectivity index (χ0) is 35.0. The van der Waals surface area contributed by atoms with E-state index in [1.165, 1.54) is 6.07 Å². The van der Waals surface area contributed by atoms with Gasteiger partial charge in [0.2, 0.25) is 0 Å². The van der Waals surface area contributed by atoms with Gasteiger partial charge in [0.25, 0.3) is 0 Å². The van der Waals surface area contributed by atoms with Crippen LogP contribution in [0.1, 0.15) is 82.5 Å². The molecule has 6 aliphatic carbocycles. The zero-order valence-corrected chi connectivity index (χ0v) is 28.9. The molecule has 0 radical (unpaired) electrons. The third kappa shape index (κ3) is 4.85. The number of halogens is 2. The van der Waals surface area contributed by atoms with Crippen LogP contribution in [0.3, 0.4) is 0 Å². The van der Waals surface area contributed by atoms with Crippen LogP contribution in [0.4, 0.5) is 19.3 Å². The highest BCUT2D eigenvalue weighted by Gasteiger charge is 2.74. The largest absolute Gasteiger partial charge is 0.497 e. The summed E-state index contributed by atoms with van der Waals surface area (Å²) in [6, 6.07) is 10.2. The van der Waals surface area contributed by atoms with E-state index in [4.69, 9.17) is 4.74 Å². The molecule has 9 heteroatoms. The molecule has 262 valence electrons. The van der Waals surface area contributed by atoms with Crippen molar-refractivity contribution in [3.05, 3.63) is 83.5 Å². The first kappa shape index (κ1) is 33.9. The van der Waals surface area contributed by atoms with Crippen LogP contribution in [0.25, 0.3) is 0 Å². The lowest BCUT2D eigenvalue weighted by Gasteiger charge is -2.71. The Balaban J connectivity index is 1.27. The first-order valence-electron chi connectivity index (χ1n) is 17.8. The predicted molar refractivity (Wildman–Crippen MR) is 183 cm³/mol. The smallest absolute Gasteiger partial charge is 0.321 e. The lowest BCUT2D eigenvalue weighted by Crippen LogP contribution is -2.67. The first-order valence-corrected chi connectivity index (χ1v) is 17.8. The van der Waals surface area contributed by atoms with Crippen molar-refractivity contribution in [2.24, 2.45) is 33.5 Å². The Morgan fingerprint density at radius 1 is 0.959 bits per heavy atom. The van der Waals surface area contributed by atoms with E-state index in [2.05, 4.69) is 37.4 Å². The van der Waals surface area contributed by atoms with E-state index in [0.717, 1.165) is 31.4 Å². The lowest BCUT2D eigenvalue weighted by atomic mass is 9.32. The number of Topliss-reactive ketones (excluding diaryl/α,β-unsaturated/α-hetero) is 1. The van der Waals surface area contributed by atoms with Crippen LogP contribution in [-0.4, -0.2) is 58.8 Å². The molecule has 2 amide bonds. The van der Waals surface area contributed by atoms with Crippen molar-refractivity contribution >= 4 is 17.5 Å². The number of allylic oxidation sites excluding steroid dienone is 4. The maximum atomic E-state index is 14.6. The Kier molecular flexibility index (Phi) is 8.14. The van der Waals surface area contributed by atoms with Crippen LogP contribution < -0.4 is 10.1 Å². The molecule has 7 nitrogen and oxygen atoms in total. The zero-order valence-electron chi connectivity index (χ0n) is 28.9. The molecule has 2 aromatic carbocycles. The van der Waals surface area contributed by atoms with E-state index < -0.39 is 39.6 Å². The van der Waals surface area contributed by atoms with Crippen molar-refractivity contribution in [3.63, 3.8) is 0 Å². The van der Waals surface area contributed by atoms with Crippen molar-refractivity contribution in [1.82, 2.24) is 4.90 Å². The van der Waals surface area contributed by atoms with Gasteiger partial charge in [-0.3, -0.25) is 4.79 Å². The van der Waals surface area contributed by atoms with Gasteiger partial charge in [0.1, 0.15) is 5.75 Å². The maximum Gasteiger partial charge on any atom is 0.321 e. The van der Waals surface area contributed by atoms with Crippen LogP contribution in [-0.2, 0) is 0 Å². The van der Waals surface area contributed by atoms with E-state index in [9.17, 15) is 28.6 Å². The predicted octanol–water partition coefficient (Wildman–Crippen LogP) is 7.69. The highest BCUT2D eigenvalue weighted by Crippen LogP contribution is 2.78. The summed E-state index contributed by atoms with van der Waals surface area (Å²) in [5.74, 6) is -1.81. The number of carbonyl (C=O) groups excluding carboxylic acids is 2. The van der Waals surface area contributed by atoms with Gasteiger partial charge in [0.05, 0.1) is 25.4 Å². The molecule has 8 atom stereocenters. The molecule has 3 saturated carbocycles. The fourth-order valence-corrected chi connectivity index (χ4v) is 11.1. The van der Waals surface area contributed by atoms with Gasteiger partial charge in [-0.25, -0.2) is 13.6 Å². The number of methoxy groups -OCH3 is 1. The fourth-order valence-electron chi connectivity index (χ4n) is 11.1. The summed E-state index contributed by atoms with van der Waals surface area (Å²) in [6.07, 6.45) is 11.2. The fraction of sp³-hybridized carbons (Fsp3) is 0.550. The number of ether oxygens (including phenoxy) is 1. The Morgan fingerprint density at radius 2 is 1.65 bits per heavy atom. The number of aliphatic hydroxyl groups excluding tert-OH is 1. The van der Waals surface area contributed by atoms with Crippen molar-refractivity contribution in [2.75, 3.05) is 25.5 Å². The van der Waals surface area contributed by atoms with Crippen molar-refractivity contribution < 1.29 is 33.3 Å². The number of carbonyl (C=O) groups is 2. The number of benzene rings is 2. The summed E-state index contributed by atoms with van der Waals surface area (Å²) < 4.78 is 33.8. The van der Waals surface area contributed by atoms with Crippen molar-refractivity contribution in [1.29, 1.82) is 0 Å². The second-order valence-corrected chi connectivity index (χ2v) is 15.8. The SMILES string of the molecule is CCCN(C[C@]1(O)CC[C@H]2[C@]34C=C[C@@]5(C=C3C(=O)c3ccc(F)c(F)c3)CC(O)CC[C@]5(C)[C@H]4CC[C@@]21C)C(=O)Nc1ccc(OC)cc1. The summed E-state index contributed by atoms with van der Waals surface area (Å²) in [5, 5.41) is 26.7. The molecular formula is C40H48F2N2O5. The number of anilines is 1. The van der Waals surface area contributed by atoms with Gasteiger partial charge >= 0.3 is 6.03 Å². The van der Waals surface area contributed by atoms with Gasteiger partial charge in [0, 0.05) is 39.6 Å². The van der Waals surface area contributed by atoms with Gasteiger partial charge in [-0.15, -0.1) is 0 Å². The average Bonchev–Trinajstić information content (AvgIpc) is 3.35. The van der Waals surface area contributed by atoms with E-state index >= 15 is 0 Å². The number of fused-ring (bicyclic) bond motifs is 1. The van der Waals surface area contributed by atoms with Gasteiger partial charge < -0.3 is 25.2 Å². The lowest BCUT2D eigenvalue weighted by molar-refractivity contribution is -0.174. The number of urea groups is 1. The highest BCUT2D eigenvalue weighted by atomic mass is 19.2. The molecule has 2 bridgehead atoms. The minimum Gasteiger partial charge on any atom is -0.497 e. The molecule has 2 aromatic rings. The summed E-state index contributed by atoms with van der Waals surface area (Å²) in [5.41, 5.74) is -2.12. The maximum absolute atomic E-state index is 14.6. The summed E-state index contributed by atoms with van der Waals surface area (Å²) in [6.45, 7) is 7.03. The third-order valence-electron chi connectivity index (χ3n) is 13.7. The van der Waals surface area contributed by atoms with E-state index in [1.54, 1.807) is 36.3 Å². The second-order valence-electron chi connectivity index (χ2n) is 15.8. The van der Waals surface area contributed by atoms with Gasteiger partial charge in [0.15, 0.2) is 17.4 Å². The summed E-state index contributed by atoms with van der Waals surface area (Å²) >= 11 is 0. The molecule has 3 fully saturated rings. The number of amides is 2. The molecule has 0 aromatic heterocycles. The molecule has 3 N–H and O–H groups in total. The minimum absolute atomic E-state index is 0.0530. The number of nitrogens with one attached hydrogen (secondary N) is 1. The van der Waals surface area contributed by atoms with Crippen LogP contribution in [0.15, 0.2) is 66.3 Å². The van der Waals surface area contributed by atoms with Crippen molar-refractivity contribution in [3.8, 4) is 5.75 Å². The van der Waals surface area contributed by atoms with Crippen LogP contribution in [0.2, 0.25) is 0 Å². The molecule has 49 heavy (non-hydrogen) atoms. The van der Waals surface area contributed by atoms with Gasteiger partial charge in [-0.05, 0) is 111 Å². The molecule has 0 aliphatic heterocycles. The molecule has 2 spiro atoms. The number of hydrogen-bond donors (Lipinski definition) is 3. The van der Waals surface area contributed by atoms with E-state index in [-0.39, 0.29) is 41.2 Å². The number of nitrogens with zero attached hydrogens (tertiary/aromatic N) is 1. The minimum atomic E-state index is -1.23.